The molecule has 90 valence electrons. The molecule has 0 heterocycles. The van der Waals surface area contributed by atoms with Gasteiger partial charge in [-0.25, -0.2) is 0 Å². The number of hydrogen-bond donors (Lipinski definition) is 3. The van der Waals surface area contributed by atoms with Gasteiger partial charge in [-0.2, -0.15) is 11.8 Å². The van der Waals surface area contributed by atoms with E-state index in [-0.39, 0.29) is 31.7 Å². The zero-order valence-electron chi connectivity index (χ0n) is 8.76. The van der Waals surface area contributed by atoms with Gasteiger partial charge in [0.2, 0.25) is 0 Å². The maximum atomic E-state index is 11.2. The highest BCUT2D eigenvalue weighted by atomic mass is 32.2. The molecule has 15 heavy (non-hydrogen) atoms. The maximum Gasteiger partial charge on any atom is 0.309 e. The van der Waals surface area contributed by atoms with E-state index in [4.69, 9.17) is 20.1 Å². The Labute approximate surface area is 93.4 Å². The largest absolute Gasteiger partial charge is 0.463 e. The fourth-order valence-electron chi connectivity index (χ4n) is 0.790. The van der Waals surface area contributed by atoms with E-state index in [1.54, 1.807) is 6.92 Å². The molecule has 0 rings (SSSR count). The maximum absolute atomic E-state index is 11.2. The van der Waals surface area contributed by atoms with Crippen molar-refractivity contribution in [3.05, 3.63) is 0 Å². The molecule has 0 aliphatic rings. The summed E-state index contributed by atoms with van der Waals surface area (Å²) < 4.78 is 4.72. The fourth-order valence-corrected chi connectivity index (χ4v) is 1.79. The Kier molecular flexibility index (Phi) is 8.79. The molecule has 0 bridgehead atoms. The highest BCUT2D eigenvalue weighted by molar-refractivity contribution is 7.99. The van der Waals surface area contributed by atoms with Crippen LogP contribution in [-0.4, -0.2) is 58.7 Å². The summed E-state index contributed by atoms with van der Waals surface area (Å²) >= 11 is 1.38. The molecule has 0 amide bonds. The number of esters is 1. The normalized spacial score (nSPS) is 14.7. The lowest BCUT2D eigenvalue weighted by Crippen LogP contribution is -2.20. The zero-order chi connectivity index (χ0) is 11.7. The van der Waals surface area contributed by atoms with E-state index in [2.05, 4.69) is 0 Å². The second-order valence-corrected chi connectivity index (χ2v) is 4.24. The minimum atomic E-state index is -0.740. The summed E-state index contributed by atoms with van der Waals surface area (Å²) in [5.41, 5.74) is 0. The van der Waals surface area contributed by atoms with Gasteiger partial charge in [-0.15, -0.1) is 0 Å². The molecule has 0 fully saturated rings. The van der Waals surface area contributed by atoms with Crippen LogP contribution in [0.25, 0.3) is 0 Å². The monoisotopic (exact) mass is 238 g/mol. The summed E-state index contributed by atoms with van der Waals surface area (Å²) in [6.07, 6.45) is -0.740. The fraction of sp³-hybridized carbons (Fsp3) is 0.889. The lowest BCUT2D eigenvalue weighted by atomic mass is 10.2. The topological polar surface area (TPSA) is 87.0 Å². The van der Waals surface area contributed by atoms with Crippen LogP contribution in [0, 0.1) is 5.92 Å². The van der Waals surface area contributed by atoms with Crippen molar-refractivity contribution in [2.75, 3.05) is 31.3 Å². The highest BCUT2D eigenvalue weighted by Gasteiger charge is 2.14. The quantitative estimate of drug-likeness (QED) is 0.482. The number of rotatable bonds is 8. The van der Waals surface area contributed by atoms with Crippen molar-refractivity contribution in [3.8, 4) is 0 Å². The summed E-state index contributed by atoms with van der Waals surface area (Å²) in [5, 5.41) is 26.0. The molecule has 6 heteroatoms. The van der Waals surface area contributed by atoms with Gasteiger partial charge in [0, 0.05) is 11.5 Å². The molecular weight excluding hydrogens is 220 g/mol. The molecule has 2 unspecified atom stereocenters. The van der Waals surface area contributed by atoms with Gasteiger partial charge in [0.15, 0.2) is 0 Å². The van der Waals surface area contributed by atoms with Crippen molar-refractivity contribution in [1.82, 2.24) is 0 Å². The Hall–Kier alpha value is -0.300. The van der Waals surface area contributed by atoms with Crippen molar-refractivity contribution in [2.24, 2.45) is 5.92 Å². The number of carbonyl (C=O) groups excluding carboxylic acids is 1. The van der Waals surface area contributed by atoms with Crippen molar-refractivity contribution in [1.29, 1.82) is 0 Å². The first-order valence-corrected chi connectivity index (χ1v) is 5.91. The molecule has 0 aromatic carbocycles. The van der Waals surface area contributed by atoms with Gasteiger partial charge >= 0.3 is 5.97 Å². The number of ether oxygens (including phenoxy) is 1. The lowest BCUT2D eigenvalue weighted by Gasteiger charge is -2.11. The van der Waals surface area contributed by atoms with Crippen LogP contribution in [0.1, 0.15) is 6.92 Å². The molecule has 0 aromatic heterocycles. The Morgan fingerprint density at radius 1 is 1.40 bits per heavy atom. The lowest BCUT2D eigenvalue weighted by molar-refractivity contribution is -0.148. The van der Waals surface area contributed by atoms with E-state index in [1.165, 1.54) is 11.8 Å². The van der Waals surface area contributed by atoms with E-state index < -0.39 is 6.10 Å². The van der Waals surface area contributed by atoms with E-state index >= 15 is 0 Å². The Bertz CT molecular complexity index is 176. The van der Waals surface area contributed by atoms with Crippen LogP contribution in [0.5, 0.6) is 0 Å². The molecule has 0 radical (unpaired) electrons. The summed E-state index contributed by atoms with van der Waals surface area (Å²) in [7, 11) is 0. The standard InChI is InChI=1S/C9H18O5S/c1-7(9(13)14-3-2-10)5-15-6-8(12)4-11/h7-8,10-12H,2-6H2,1H3. The van der Waals surface area contributed by atoms with Gasteiger partial charge in [-0.1, -0.05) is 6.92 Å². The number of carbonyl (C=O) groups is 1. The van der Waals surface area contributed by atoms with Crippen LogP contribution in [0.4, 0.5) is 0 Å². The molecule has 0 saturated heterocycles. The first-order valence-electron chi connectivity index (χ1n) is 4.76. The average Bonchev–Trinajstić information content (AvgIpc) is 2.25. The minimum absolute atomic E-state index is 0.0209. The first-order chi connectivity index (χ1) is 7.11. The molecule has 0 aromatic rings. The van der Waals surface area contributed by atoms with Crippen molar-refractivity contribution in [2.45, 2.75) is 13.0 Å². The van der Waals surface area contributed by atoms with Gasteiger partial charge in [-0.05, 0) is 0 Å². The molecule has 2 atom stereocenters. The second kappa shape index (κ2) is 8.96. The van der Waals surface area contributed by atoms with Crippen molar-refractivity contribution < 1.29 is 24.9 Å². The van der Waals surface area contributed by atoms with E-state index in [0.29, 0.717) is 11.5 Å². The molecule has 3 N–H and O–H groups in total. The van der Waals surface area contributed by atoms with Crippen LogP contribution >= 0.6 is 11.8 Å². The third-order valence-electron chi connectivity index (χ3n) is 1.63. The van der Waals surface area contributed by atoms with Crippen LogP contribution in [0.15, 0.2) is 0 Å². The van der Waals surface area contributed by atoms with Crippen molar-refractivity contribution in [3.63, 3.8) is 0 Å². The highest BCUT2D eigenvalue weighted by Crippen LogP contribution is 2.11. The van der Waals surface area contributed by atoms with Gasteiger partial charge in [-0.3, -0.25) is 4.79 Å². The molecular formula is C9H18O5S. The summed E-state index contributed by atoms with van der Waals surface area (Å²) in [5.74, 6) is 0.303. The van der Waals surface area contributed by atoms with Gasteiger partial charge in [0.1, 0.15) is 6.61 Å². The van der Waals surface area contributed by atoms with Crippen LogP contribution in [-0.2, 0) is 9.53 Å². The SMILES string of the molecule is CC(CSCC(O)CO)C(=O)OCCO. The van der Waals surface area contributed by atoms with E-state index in [9.17, 15) is 4.79 Å². The second-order valence-electron chi connectivity index (χ2n) is 3.17. The van der Waals surface area contributed by atoms with Gasteiger partial charge in [0.25, 0.3) is 0 Å². The van der Waals surface area contributed by atoms with E-state index in [0.717, 1.165) is 0 Å². The predicted octanol–water partition coefficient (Wildman–Crippen LogP) is -0.756. The predicted molar refractivity (Wildman–Crippen MR) is 57.6 cm³/mol. The molecule has 5 nitrogen and oxygen atoms in total. The Morgan fingerprint density at radius 3 is 2.60 bits per heavy atom. The number of thioether (sulfide) groups is 1. The number of hydrogen-bond acceptors (Lipinski definition) is 6. The smallest absolute Gasteiger partial charge is 0.309 e. The molecule has 0 aliphatic heterocycles. The third-order valence-corrected chi connectivity index (χ3v) is 2.98. The Morgan fingerprint density at radius 2 is 2.07 bits per heavy atom. The summed E-state index contributed by atoms with van der Waals surface area (Å²) in [4.78, 5) is 11.2. The third kappa shape index (κ3) is 7.61. The van der Waals surface area contributed by atoms with Crippen LogP contribution < -0.4 is 0 Å². The Balaban J connectivity index is 3.55. The number of aliphatic hydroxyl groups is 3. The van der Waals surface area contributed by atoms with Crippen molar-refractivity contribution >= 4 is 17.7 Å². The number of aliphatic hydroxyl groups excluding tert-OH is 3. The van der Waals surface area contributed by atoms with Gasteiger partial charge in [0.05, 0.1) is 25.2 Å². The van der Waals surface area contributed by atoms with Crippen LogP contribution in [0.3, 0.4) is 0 Å². The average molecular weight is 238 g/mol. The van der Waals surface area contributed by atoms with E-state index in [1.807, 2.05) is 0 Å². The van der Waals surface area contributed by atoms with Gasteiger partial charge < -0.3 is 20.1 Å². The molecule has 0 saturated carbocycles. The summed E-state index contributed by atoms with van der Waals surface area (Å²) in [6, 6.07) is 0. The first kappa shape index (κ1) is 14.7. The zero-order valence-corrected chi connectivity index (χ0v) is 9.57. The minimum Gasteiger partial charge on any atom is -0.463 e. The summed E-state index contributed by atoms with van der Waals surface area (Å²) in [6.45, 7) is 1.30. The molecule has 0 spiro atoms. The molecule has 0 aliphatic carbocycles. The van der Waals surface area contributed by atoms with Crippen LogP contribution in [0.2, 0.25) is 0 Å².